The zero-order valence-electron chi connectivity index (χ0n) is 14.2. The van der Waals surface area contributed by atoms with Crippen LogP contribution in [0.3, 0.4) is 0 Å². The summed E-state index contributed by atoms with van der Waals surface area (Å²) in [5, 5.41) is 10.2. The number of hydrogen-bond acceptors (Lipinski definition) is 4. The van der Waals surface area contributed by atoms with E-state index in [1.54, 1.807) is 4.90 Å². The second-order valence-corrected chi connectivity index (χ2v) is 6.67. The number of ether oxygens (including phenoxy) is 1. The standard InChI is InChI=1S/C18H24N2O4/c1-12-6-7-16(13(2)9-12)24-11-14(21)10-20-17(22)15-5-3-4-8-19(15)18(20)23/h6-7,9,14-15,21H,3-5,8,10-11H2,1-2H3/t14-,15+/m1/s1. The molecule has 2 aliphatic rings. The van der Waals surface area contributed by atoms with E-state index in [0.29, 0.717) is 12.3 Å². The quantitative estimate of drug-likeness (QED) is 0.836. The van der Waals surface area contributed by atoms with Crippen LogP contribution in [0.5, 0.6) is 5.75 Å². The van der Waals surface area contributed by atoms with Crippen molar-refractivity contribution in [3.8, 4) is 5.75 Å². The van der Waals surface area contributed by atoms with E-state index in [2.05, 4.69) is 0 Å². The number of fused-ring (bicyclic) bond motifs is 1. The summed E-state index contributed by atoms with van der Waals surface area (Å²) in [4.78, 5) is 27.5. The van der Waals surface area contributed by atoms with Crippen molar-refractivity contribution in [2.45, 2.75) is 45.3 Å². The molecule has 0 unspecified atom stereocenters. The molecule has 2 saturated heterocycles. The highest BCUT2D eigenvalue weighted by Crippen LogP contribution is 2.26. The average Bonchev–Trinajstić information content (AvgIpc) is 2.79. The summed E-state index contributed by atoms with van der Waals surface area (Å²) in [6, 6.07) is 5.20. The number of imide groups is 1. The monoisotopic (exact) mass is 332 g/mol. The summed E-state index contributed by atoms with van der Waals surface area (Å²) < 4.78 is 5.64. The summed E-state index contributed by atoms with van der Waals surface area (Å²) >= 11 is 0. The van der Waals surface area contributed by atoms with E-state index >= 15 is 0 Å². The van der Waals surface area contributed by atoms with E-state index in [-0.39, 0.29) is 31.1 Å². The molecule has 2 atom stereocenters. The second-order valence-electron chi connectivity index (χ2n) is 6.67. The van der Waals surface area contributed by atoms with Crippen LogP contribution in [0, 0.1) is 13.8 Å². The van der Waals surface area contributed by atoms with Crippen molar-refractivity contribution in [2.75, 3.05) is 19.7 Å². The maximum atomic E-state index is 12.4. The van der Waals surface area contributed by atoms with Gasteiger partial charge in [0.25, 0.3) is 5.91 Å². The molecule has 0 aliphatic carbocycles. The van der Waals surface area contributed by atoms with Gasteiger partial charge in [-0.15, -0.1) is 0 Å². The van der Waals surface area contributed by atoms with E-state index < -0.39 is 6.10 Å². The molecule has 0 spiro atoms. The number of carbonyl (C=O) groups is 2. The Morgan fingerprint density at radius 2 is 2.08 bits per heavy atom. The molecular weight excluding hydrogens is 308 g/mol. The minimum atomic E-state index is -0.903. The number of aliphatic hydroxyl groups is 1. The number of nitrogens with zero attached hydrogens (tertiary/aromatic N) is 2. The maximum absolute atomic E-state index is 12.4. The molecule has 0 radical (unpaired) electrons. The third-order valence-corrected chi connectivity index (χ3v) is 4.69. The average molecular weight is 332 g/mol. The predicted molar refractivity (Wildman–Crippen MR) is 88.9 cm³/mol. The number of piperidine rings is 1. The van der Waals surface area contributed by atoms with Crippen LogP contribution < -0.4 is 4.74 Å². The number of aliphatic hydroxyl groups excluding tert-OH is 1. The Labute approximate surface area is 142 Å². The van der Waals surface area contributed by atoms with Gasteiger partial charge in [-0.2, -0.15) is 0 Å². The minimum absolute atomic E-state index is 0.0183. The van der Waals surface area contributed by atoms with Crippen molar-refractivity contribution >= 4 is 11.9 Å². The first kappa shape index (κ1) is 16.8. The lowest BCUT2D eigenvalue weighted by molar-refractivity contribution is -0.129. The van der Waals surface area contributed by atoms with E-state index in [4.69, 9.17) is 4.74 Å². The van der Waals surface area contributed by atoms with E-state index in [1.807, 2.05) is 32.0 Å². The largest absolute Gasteiger partial charge is 0.491 e. The molecule has 1 aromatic rings. The van der Waals surface area contributed by atoms with Gasteiger partial charge in [0.2, 0.25) is 0 Å². The van der Waals surface area contributed by atoms with Gasteiger partial charge in [0.05, 0.1) is 6.54 Å². The highest BCUT2D eigenvalue weighted by Gasteiger charge is 2.46. The van der Waals surface area contributed by atoms with Gasteiger partial charge >= 0.3 is 6.03 Å². The predicted octanol–water partition coefficient (Wildman–Crippen LogP) is 1.86. The Morgan fingerprint density at radius 3 is 2.79 bits per heavy atom. The van der Waals surface area contributed by atoms with E-state index in [0.717, 1.165) is 30.4 Å². The first-order chi connectivity index (χ1) is 11.5. The fourth-order valence-corrected chi connectivity index (χ4v) is 3.43. The van der Waals surface area contributed by atoms with Crippen LogP contribution >= 0.6 is 0 Å². The molecule has 2 fully saturated rings. The fraction of sp³-hybridized carbons (Fsp3) is 0.556. The van der Waals surface area contributed by atoms with Crippen LogP contribution in [0.4, 0.5) is 4.79 Å². The zero-order valence-corrected chi connectivity index (χ0v) is 14.2. The van der Waals surface area contributed by atoms with Crippen molar-refractivity contribution in [1.29, 1.82) is 0 Å². The number of benzene rings is 1. The lowest BCUT2D eigenvalue weighted by Gasteiger charge is -2.26. The third-order valence-electron chi connectivity index (χ3n) is 4.69. The molecule has 6 heteroatoms. The van der Waals surface area contributed by atoms with Gasteiger partial charge in [-0.3, -0.25) is 9.69 Å². The Bertz CT molecular complexity index is 622. The summed E-state index contributed by atoms with van der Waals surface area (Å²) in [6.45, 7) is 4.60. The molecule has 2 aliphatic heterocycles. The Hall–Kier alpha value is -2.08. The molecule has 0 saturated carbocycles. The molecule has 0 aromatic heterocycles. The number of aryl methyl sites for hydroxylation is 2. The smallest absolute Gasteiger partial charge is 0.327 e. The molecule has 1 N–H and O–H groups in total. The normalized spacial score (nSPS) is 21.9. The number of urea groups is 1. The highest BCUT2D eigenvalue weighted by molar-refractivity contribution is 6.04. The Kier molecular flexibility index (Phi) is 4.76. The summed E-state index contributed by atoms with van der Waals surface area (Å²) in [6.07, 6.45) is 1.71. The van der Waals surface area contributed by atoms with Crippen molar-refractivity contribution < 1.29 is 19.4 Å². The maximum Gasteiger partial charge on any atom is 0.327 e. The van der Waals surface area contributed by atoms with Gasteiger partial charge in [-0.05, 0) is 44.7 Å². The van der Waals surface area contributed by atoms with Crippen LogP contribution in [0.25, 0.3) is 0 Å². The number of hydrogen-bond donors (Lipinski definition) is 1. The summed E-state index contributed by atoms with van der Waals surface area (Å²) in [5.41, 5.74) is 2.14. The van der Waals surface area contributed by atoms with Gasteiger partial charge in [0, 0.05) is 6.54 Å². The molecule has 0 bridgehead atoms. The summed E-state index contributed by atoms with van der Waals surface area (Å²) in [5.74, 6) is 0.515. The fourth-order valence-electron chi connectivity index (χ4n) is 3.43. The number of rotatable bonds is 5. The van der Waals surface area contributed by atoms with Gasteiger partial charge < -0.3 is 14.7 Å². The molecule has 3 rings (SSSR count). The number of carbonyl (C=O) groups excluding carboxylic acids is 2. The number of β-amino-alcohol motifs (C(OH)–C–C–N with tert-alkyl or cyclic N) is 1. The van der Waals surface area contributed by atoms with Gasteiger partial charge in [-0.1, -0.05) is 17.7 Å². The zero-order chi connectivity index (χ0) is 17.3. The van der Waals surface area contributed by atoms with E-state index in [1.165, 1.54) is 4.90 Å². The van der Waals surface area contributed by atoms with Crippen molar-refractivity contribution in [2.24, 2.45) is 0 Å². The second kappa shape index (κ2) is 6.81. The molecule has 24 heavy (non-hydrogen) atoms. The van der Waals surface area contributed by atoms with Crippen LogP contribution in [-0.4, -0.2) is 58.7 Å². The van der Waals surface area contributed by atoms with Crippen molar-refractivity contribution in [3.05, 3.63) is 29.3 Å². The van der Waals surface area contributed by atoms with Gasteiger partial charge in [0.15, 0.2) is 0 Å². The van der Waals surface area contributed by atoms with Crippen LogP contribution in [0.2, 0.25) is 0 Å². The van der Waals surface area contributed by atoms with Crippen LogP contribution in [-0.2, 0) is 4.79 Å². The molecule has 130 valence electrons. The lowest BCUT2D eigenvalue weighted by Crippen LogP contribution is -2.40. The van der Waals surface area contributed by atoms with E-state index in [9.17, 15) is 14.7 Å². The molecule has 3 amide bonds. The molecule has 2 heterocycles. The lowest BCUT2D eigenvalue weighted by atomic mass is 10.0. The van der Waals surface area contributed by atoms with Gasteiger partial charge in [-0.25, -0.2) is 4.79 Å². The SMILES string of the molecule is Cc1ccc(OC[C@H](O)CN2C(=O)[C@@H]3CCCCN3C2=O)c(C)c1. The molecular formula is C18H24N2O4. The third kappa shape index (κ3) is 3.24. The first-order valence-corrected chi connectivity index (χ1v) is 8.47. The topological polar surface area (TPSA) is 70.1 Å². The van der Waals surface area contributed by atoms with Crippen molar-refractivity contribution in [3.63, 3.8) is 0 Å². The Morgan fingerprint density at radius 1 is 1.29 bits per heavy atom. The van der Waals surface area contributed by atoms with Crippen LogP contribution in [0.15, 0.2) is 18.2 Å². The van der Waals surface area contributed by atoms with Crippen LogP contribution in [0.1, 0.15) is 30.4 Å². The minimum Gasteiger partial charge on any atom is -0.491 e. The molecule has 1 aromatic carbocycles. The van der Waals surface area contributed by atoms with Crippen molar-refractivity contribution in [1.82, 2.24) is 9.80 Å². The van der Waals surface area contributed by atoms with Gasteiger partial charge in [0.1, 0.15) is 24.5 Å². The summed E-state index contributed by atoms with van der Waals surface area (Å²) in [7, 11) is 0. The number of amides is 3. The highest BCUT2D eigenvalue weighted by atomic mass is 16.5. The first-order valence-electron chi connectivity index (χ1n) is 8.47. The molecule has 6 nitrogen and oxygen atoms in total. The Balaban J connectivity index is 1.57.